The molecule has 0 radical (unpaired) electrons. The number of amides is 2. The number of likely N-dealkylation sites (tertiary alicyclic amines) is 1. The van der Waals surface area contributed by atoms with Crippen LogP contribution in [0.15, 0.2) is 24.5 Å². The summed E-state index contributed by atoms with van der Waals surface area (Å²) in [7, 11) is 0. The predicted octanol–water partition coefficient (Wildman–Crippen LogP) is 6.82. The minimum atomic E-state index is -0.674. The SMILES string of the molecule is CC(C)(C)OC(=O)Nc1cc(C2CCN(C(=O)OC(C)(C)C)CC2)ncc1OCc1c(Cl)ccnc1Cl. The Morgan fingerprint density at radius 1 is 1.05 bits per heavy atom. The van der Waals surface area contributed by atoms with Crippen molar-refractivity contribution < 1.29 is 23.8 Å². The monoisotopic (exact) mass is 552 g/mol. The van der Waals surface area contributed by atoms with Gasteiger partial charge in [0.1, 0.15) is 23.0 Å². The molecule has 1 aliphatic rings. The van der Waals surface area contributed by atoms with Crippen LogP contribution in [0.4, 0.5) is 15.3 Å². The lowest BCUT2D eigenvalue weighted by Gasteiger charge is -2.33. The Morgan fingerprint density at radius 3 is 2.30 bits per heavy atom. The molecule has 0 bridgehead atoms. The third-order valence-corrected chi connectivity index (χ3v) is 6.09. The van der Waals surface area contributed by atoms with Crippen LogP contribution in [0.1, 0.15) is 71.6 Å². The summed E-state index contributed by atoms with van der Waals surface area (Å²) in [4.78, 5) is 35.3. The molecule has 202 valence electrons. The lowest BCUT2D eigenvalue weighted by molar-refractivity contribution is 0.0203. The van der Waals surface area contributed by atoms with E-state index in [1.54, 1.807) is 44.0 Å². The Morgan fingerprint density at radius 2 is 1.70 bits per heavy atom. The number of carbonyl (C=O) groups excluding carboxylic acids is 2. The molecule has 0 aliphatic carbocycles. The molecule has 0 atom stereocenters. The Balaban J connectivity index is 1.77. The maximum absolute atomic E-state index is 12.6. The highest BCUT2D eigenvalue weighted by molar-refractivity contribution is 6.35. The van der Waals surface area contributed by atoms with Gasteiger partial charge in [-0.15, -0.1) is 0 Å². The standard InChI is InChI=1S/C26H34Cl2N4O5/c1-25(2,3)36-23(33)31-20-13-19(16-8-11-32(12-9-16)24(34)37-26(4,5)6)30-14-21(20)35-15-17-18(27)7-10-29-22(17)28/h7,10,13-14,16H,8-9,11-12,15H2,1-6H3,(H,30,31,33). The van der Waals surface area contributed by atoms with Crippen molar-refractivity contribution in [2.75, 3.05) is 18.4 Å². The molecule has 0 saturated carbocycles. The summed E-state index contributed by atoms with van der Waals surface area (Å²) in [6.07, 6.45) is 3.54. The number of aromatic nitrogens is 2. The van der Waals surface area contributed by atoms with Crippen molar-refractivity contribution in [3.8, 4) is 5.75 Å². The number of nitrogens with zero attached hydrogens (tertiary/aromatic N) is 3. The average molecular weight is 553 g/mol. The summed E-state index contributed by atoms with van der Waals surface area (Å²) < 4.78 is 16.9. The van der Waals surface area contributed by atoms with E-state index >= 15 is 0 Å². The summed E-state index contributed by atoms with van der Waals surface area (Å²) in [6, 6.07) is 3.40. The fraction of sp³-hybridized carbons (Fsp3) is 0.538. The Labute approximate surface area is 227 Å². The van der Waals surface area contributed by atoms with Crippen LogP contribution in [0.25, 0.3) is 0 Å². The van der Waals surface area contributed by atoms with E-state index in [1.807, 2.05) is 20.8 Å². The highest BCUT2D eigenvalue weighted by atomic mass is 35.5. The first-order valence-corrected chi connectivity index (χ1v) is 12.9. The maximum atomic E-state index is 12.6. The number of ether oxygens (including phenoxy) is 3. The van der Waals surface area contributed by atoms with Gasteiger partial charge in [0.2, 0.25) is 0 Å². The number of halogens is 2. The van der Waals surface area contributed by atoms with E-state index in [-0.39, 0.29) is 23.8 Å². The minimum absolute atomic E-state index is 0.0316. The zero-order valence-electron chi connectivity index (χ0n) is 22.1. The van der Waals surface area contributed by atoms with Crippen molar-refractivity contribution in [3.05, 3.63) is 46.0 Å². The number of hydrogen-bond donors (Lipinski definition) is 1. The highest BCUT2D eigenvalue weighted by Crippen LogP contribution is 2.34. The van der Waals surface area contributed by atoms with Crippen LogP contribution < -0.4 is 10.1 Å². The summed E-state index contributed by atoms with van der Waals surface area (Å²) in [5.74, 6) is 0.422. The molecule has 1 fully saturated rings. The largest absolute Gasteiger partial charge is 0.485 e. The highest BCUT2D eigenvalue weighted by Gasteiger charge is 2.29. The van der Waals surface area contributed by atoms with Crippen LogP contribution in [0.2, 0.25) is 10.2 Å². The first kappa shape index (κ1) is 28.8. The molecular formula is C26H34Cl2N4O5. The Hall–Kier alpha value is -2.78. The van der Waals surface area contributed by atoms with Crippen LogP contribution >= 0.6 is 23.2 Å². The van der Waals surface area contributed by atoms with Crippen LogP contribution in [-0.4, -0.2) is 51.3 Å². The summed E-state index contributed by atoms with van der Waals surface area (Å²) >= 11 is 12.4. The summed E-state index contributed by atoms with van der Waals surface area (Å²) in [5, 5.41) is 3.42. The average Bonchev–Trinajstić information content (AvgIpc) is 2.77. The molecule has 2 aromatic rings. The van der Waals surface area contributed by atoms with E-state index in [4.69, 9.17) is 37.4 Å². The molecule has 2 aromatic heterocycles. The van der Waals surface area contributed by atoms with Crippen LogP contribution in [0, 0.1) is 0 Å². The molecule has 37 heavy (non-hydrogen) atoms. The zero-order valence-corrected chi connectivity index (χ0v) is 23.6. The van der Waals surface area contributed by atoms with Gasteiger partial charge in [-0.2, -0.15) is 0 Å². The molecule has 2 amide bonds. The number of pyridine rings is 2. The zero-order chi connectivity index (χ0) is 27.4. The Bertz CT molecular complexity index is 1100. The van der Waals surface area contributed by atoms with Crippen molar-refractivity contribution in [2.24, 2.45) is 0 Å². The van der Waals surface area contributed by atoms with Crippen LogP contribution in [-0.2, 0) is 16.1 Å². The van der Waals surface area contributed by atoms with Gasteiger partial charge in [0, 0.05) is 36.5 Å². The fourth-order valence-electron chi connectivity index (χ4n) is 3.72. The smallest absolute Gasteiger partial charge is 0.412 e. The molecule has 1 aliphatic heterocycles. The third kappa shape index (κ3) is 8.64. The maximum Gasteiger partial charge on any atom is 0.412 e. The van der Waals surface area contributed by atoms with Crippen molar-refractivity contribution in [1.82, 2.24) is 14.9 Å². The van der Waals surface area contributed by atoms with Crippen molar-refractivity contribution in [2.45, 2.75) is 78.1 Å². The van der Waals surface area contributed by atoms with E-state index in [9.17, 15) is 9.59 Å². The van der Waals surface area contributed by atoms with E-state index in [0.717, 1.165) is 5.69 Å². The first-order valence-electron chi connectivity index (χ1n) is 12.1. The van der Waals surface area contributed by atoms with E-state index < -0.39 is 17.3 Å². The molecular weight excluding hydrogens is 519 g/mol. The van der Waals surface area contributed by atoms with E-state index in [1.165, 1.54) is 6.20 Å². The molecule has 1 N–H and O–H groups in total. The summed E-state index contributed by atoms with van der Waals surface area (Å²) in [5.41, 5.74) is 0.488. The van der Waals surface area contributed by atoms with Gasteiger partial charge in [-0.25, -0.2) is 14.6 Å². The molecule has 9 nitrogen and oxygen atoms in total. The number of hydrogen-bond acceptors (Lipinski definition) is 7. The lowest BCUT2D eigenvalue weighted by Crippen LogP contribution is -2.41. The van der Waals surface area contributed by atoms with E-state index in [2.05, 4.69) is 15.3 Å². The number of carbonyl (C=O) groups is 2. The van der Waals surface area contributed by atoms with Crippen LogP contribution in [0.3, 0.4) is 0 Å². The second-order valence-electron chi connectivity index (χ2n) is 10.8. The van der Waals surface area contributed by atoms with Gasteiger partial charge in [-0.05, 0) is 66.5 Å². The van der Waals surface area contributed by atoms with Gasteiger partial charge in [0.25, 0.3) is 0 Å². The normalized spacial score (nSPS) is 14.8. The van der Waals surface area contributed by atoms with Crippen molar-refractivity contribution in [1.29, 1.82) is 0 Å². The van der Waals surface area contributed by atoms with Gasteiger partial charge in [0.05, 0.1) is 16.9 Å². The van der Waals surface area contributed by atoms with Gasteiger partial charge < -0.3 is 19.1 Å². The second kappa shape index (κ2) is 11.7. The van der Waals surface area contributed by atoms with E-state index in [0.29, 0.717) is 48.0 Å². The number of piperidine rings is 1. The second-order valence-corrected chi connectivity index (χ2v) is 11.6. The molecule has 0 spiro atoms. The minimum Gasteiger partial charge on any atom is -0.485 e. The number of rotatable bonds is 5. The molecule has 3 heterocycles. The van der Waals surface area contributed by atoms with Crippen molar-refractivity contribution >= 4 is 41.1 Å². The number of nitrogens with one attached hydrogen (secondary N) is 1. The molecule has 3 rings (SSSR count). The predicted molar refractivity (Wildman–Crippen MR) is 142 cm³/mol. The van der Waals surface area contributed by atoms with Gasteiger partial charge in [-0.1, -0.05) is 23.2 Å². The topological polar surface area (TPSA) is 103 Å². The lowest BCUT2D eigenvalue weighted by atomic mass is 9.93. The van der Waals surface area contributed by atoms with Gasteiger partial charge >= 0.3 is 12.2 Å². The summed E-state index contributed by atoms with van der Waals surface area (Å²) in [6.45, 7) is 12.0. The number of anilines is 1. The third-order valence-electron chi connectivity index (χ3n) is 5.41. The Kier molecular flexibility index (Phi) is 9.13. The molecule has 11 heteroatoms. The quantitative estimate of drug-likeness (QED) is 0.405. The van der Waals surface area contributed by atoms with Crippen molar-refractivity contribution in [3.63, 3.8) is 0 Å². The molecule has 1 saturated heterocycles. The molecule has 0 unspecified atom stereocenters. The fourth-order valence-corrected chi connectivity index (χ4v) is 4.18. The van der Waals surface area contributed by atoms with Gasteiger partial charge in [0.15, 0.2) is 5.75 Å². The van der Waals surface area contributed by atoms with Crippen LogP contribution in [0.5, 0.6) is 5.75 Å². The first-order chi connectivity index (χ1) is 17.2. The van der Waals surface area contributed by atoms with Gasteiger partial charge in [-0.3, -0.25) is 10.3 Å². The molecule has 0 aromatic carbocycles.